The Kier molecular flexibility index (Phi) is 4.88. The van der Waals surface area contributed by atoms with Gasteiger partial charge in [0.1, 0.15) is 0 Å². The van der Waals surface area contributed by atoms with Crippen LogP contribution in [0.4, 0.5) is 0 Å². The van der Waals surface area contributed by atoms with Crippen LogP contribution in [-0.2, 0) is 0 Å². The molecule has 0 saturated carbocycles. The highest BCUT2D eigenvalue weighted by Gasteiger charge is 2.07. The maximum Gasteiger partial charge on any atom is 0.0828 e. The number of hydrogen-bond acceptors (Lipinski definition) is 4. The molecule has 0 aromatic carbocycles. The predicted molar refractivity (Wildman–Crippen MR) is 96.4 cm³/mol. The largest absolute Gasteiger partial charge is 0.262 e. The summed E-state index contributed by atoms with van der Waals surface area (Å²) in [6, 6.07) is 9.87. The molecule has 3 rings (SSSR count). The smallest absolute Gasteiger partial charge is 0.0828 e. The number of hydrogen-bond donors (Lipinski definition) is 0. The summed E-state index contributed by atoms with van der Waals surface area (Å²) in [5.41, 5.74) is 3.73. The third kappa shape index (κ3) is 3.68. The van der Waals surface area contributed by atoms with Crippen molar-refractivity contribution >= 4 is 16.7 Å². The fraction of sp³-hybridized carbons (Fsp3) is 0.167. The summed E-state index contributed by atoms with van der Waals surface area (Å²) in [7, 11) is 0. The first-order valence-electron chi connectivity index (χ1n) is 7.52. The van der Waals surface area contributed by atoms with E-state index >= 15 is 0 Å². The summed E-state index contributed by atoms with van der Waals surface area (Å²) in [5.74, 6) is 1.06. The van der Waals surface area contributed by atoms with E-state index in [4.69, 9.17) is 4.98 Å². The SMILES string of the molecule is C=C(SCCC)c1cccc(-c2cnn(-c3cccnc3)c2)n1. The summed E-state index contributed by atoms with van der Waals surface area (Å²) >= 11 is 1.75. The van der Waals surface area contributed by atoms with Gasteiger partial charge in [-0.05, 0) is 36.4 Å². The van der Waals surface area contributed by atoms with Gasteiger partial charge in [-0.2, -0.15) is 5.10 Å². The molecule has 5 heteroatoms. The third-order valence-electron chi connectivity index (χ3n) is 3.30. The van der Waals surface area contributed by atoms with Crippen LogP contribution in [-0.4, -0.2) is 25.5 Å². The predicted octanol–water partition coefficient (Wildman–Crippen LogP) is 4.44. The monoisotopic (exact) mass is 322 g/mol. The van der Waals surface area contributed by atoms with Gasteiger partial charge in [0.05, 0.1) is 29.5 Å². The van der Waals surface area contributed by atoms with Crippen LogP contribution in [0.15, 0.2) is 61.7 Å². The molecule has 0 saturated heterocycles. The van der Waals surface area contributed by atoms with E-state index in [-0.39, 0.29) is 0 Å². The lowest BCUT2D eigenvalue weighted by Crippen LogP contribution is -1.93. The molecule has 0 atom stereocenters. The highest BCUT2D eigenvalue weighted by Crippen LogP contribution is 2.26. The minimum Gasteiger partial charge on any atom is -0.262 e. The van der Waals surface area contributed by atoms with Crippen molar-refractivity contribution in [3.63, 3.8) is 0 Å². The van der Waals surface area contributed by atoms with Crippen molar-refractivity contribution < 1.29 is 0 Å². The highest BCUT2D eigenvalue weighted by atomic mass is 32.2. The first-order valence-corrected chi connectivity index (χ1v) is 8.51. The van der Waals surface area contributed by atoms with Crippen molar-refractivity contribution in [1.82, 2.24) is 19.7 Å². The Morgan fingerprint density at radius 1 is 1.22 bits per heavy atom. The van der Waals surface area contributed by atoms with E-state index in [9.17, 15) is 0 Å². The van der Waals surface area contributed by atoms with Gasteiger partial charge in [-0.15, -0.1) is 11.8 Å². The fourth-order valence-electron chi connectivity index (χ4n) is 2.14. The molecule has 0 N–H and O–H groups in total. The maximum absolute atomic E-state index is 4.71. The van der Waals surface area contributed by atoms with Crippen molar-refractivity contribution in [3.8, 4) is 16.9 Å². The van der Waals surface area contributed by atoms with Gasteiger partial charge >= 0.3 is 0 Å². The molecule has 0 aliphatic heterocycles. The molecule has 3 heterocycles. The number of aromatic nitrogens is 4. The zero-order valence-electron chi connectivity index (χ0n) is 13.0. The van der Waals surface area contributed by atoms with E-state index in [0.717, 1.165) is 39.7 Å². The van der Waals surface area contributed by atoms with E-state index in [1.807, 2.05) is 42.7 Å². The number of nitrogens with zero attached hydrogens (tertiary/aromatic N) is 4. The number of rotatable bonds is 6. The molecule has 0 spiro atoms. The van der Waals surface area contributed by atoms with Gasteiger partial charge in [0.25, 0.3) is 0 Å². The van der Waals surface area contributed by atoms with Gasteiger partial charge in [-0.3, -0.25) is 4.98 Å². The zero-order chi connectivity index (χ0) is 16.1. The lowest BCUT2D eigenvalue weighted by molar-refractivity contribution is 0.874. The van der Waals surface area contributed by atoms with Crippen LogP contribution in [0.1, 0.15) is 19.0 Å². The van der Waals surface area contributed by atoms with Crippen LogP contribution < -0.4 is 0 Å². The first-order chi connectivity index (χ1) is 11.3. The Morgan fingerprint density at radius 2 is 2.13 bits per heavy atom. The van der Waals surface area contributed by atoms with Crippen molar-refractivity contribution in [2.24, 2.45) is 0 Å². The van der Waals surface area contributed by atoms with Gasteiger partial charge in [0.15, 0.2) is 0 Å². The Hall–Kier alpha value is -2.40. The van der Waals surface area contributed by atoms with Crippen LogP contribution in [0.3, 0.4) is 0 Å². The molecule has 0 unspecified atom stereocenters. The second kappa shape index (κ2) is 7.24. The van der Waals surface area contributed by atoms with Crippen LogP contribution in [0.2, 0.25) is 0 Å². The molecule has 0 aliphatic rings. The Balaban J connectivity index is 1.85. The average Bonchev–Trinajstić information content (AvgIpc) is 3.11. The number of thioether (sulfide) groups is 1. The van der Waals surface area contributed by atoms with Gasteiger partial charge in [0.2, 0.25) is 0 Å². The fourth-order valence-corrected chi connectivity index (χ4v) is 2.85. The first kappa shape index (κ1) is 15.5. The summed E-state index contributed by atoms with van der Waals surface area (Å²) in [6.45, 7) is 6.29. The molecule has 0 fully saturated rings. The topological polar surface area (TPSA) is 43.6 Å². The van der Waals surface area contributed by atoms with Gasteiger partial charge < -0.3 is 0 Å². The van der Waals surface area contributed by atoms with Gasteiger partial charge in [0, 0.05) is 22.9 Å². The summed E-state index contributed by atoms with van der Waals surface area (Å²) in [4.78, 5) is 9.84. The lowest BCUT2D eigenvalue weighted by Gasteiger charge is -2.05. The molecule has 0 amide bonds. The molecular weight excluding hydrogens is 304 g/mol. The molecule has 4 nitrogen and oxygen atoms in total. The third-order valence-corrected chi connectivity index (χ3v) is 4.47. The van der Waals surface area contributed by atoms with Crippen molar-refractivity contribution in [2.45, 2.75) is 13.3 Å². The van der Waals surface area contributed by atoms with Crippen LogP contribution in [0.5, 0.6) is 0 Å². The zero-order valence-corrected chi connectivity index (χ0v) is 13.8. The van der Waals surface area contributed by atoms with Crippen LogP contribution in [0.25, 0.3) is 21.8 Å². The molecule has 23 heavy (non-hydrogen) atoms. The Labute approximate surface area is 140 Å². The molecule has 3 aromatic rings. The normalized spacial score (nSPS) is 10.7. The van der Waals surface area contributed by atoms with Crippen molar-refractivity contribution in [2.75, 3.05) is 5.75 Å². The minimum absolute atomic E-state index is 0.899. The van der Waals surface area contributed by atoms with E-state index in [1.165, 1.54) is 0 Å². The van der Waals surface area contributed by atoms with Gasteiger partial charge in [-0.25, -0.2) is 9.67 Å². The molecule has 116 valence electrons. The summed E-state index contributed by atoms with van der Waals surface area (Å²) < 4.78 is 1.80. The molecule has 0 radical (unpaired) electrons. The molecule has 3 aromatic heterocycles. The summed E-state index contributed by atoms with van der Waals surface area (Å²) in [5, 5.41) is 4.40. The lowest BCUT2D eigenvalue weighted by atomic mass is 10.2. The highest BCUT2D eigenvalue weighted by molar-refractivity contribution is 8.08. The summed E-state index contributed by atoms with van der Waals surface area (Å²) in [6.07, 6.45) is 8.44. The van der Waals surface area contributed by atoms with E-state index < -0.39 is 0 Å². The van der Waals surface area contributed by atoms with Crippen molar-refractivity contribution in [1.29, 1.82) is 0 Å². The van der Waals surface area contributed by atoms with E-state index in [0.29, 0.717) is 0 Å². The van der Waals surface area contributed by atoms with E-state index in [1.54, 1.807) is 28.8 Å². The Bertz CT molecular complexity index is 796. The van der Waals surface area contributed by atoms with Crippen molar-refractivity contribution in [3.05, 3.63) is 67.4 Å². The Morgan fingerprint density at radius 3 is 2.91 bits per heavy atom. The second-order valence-electron chi connectivity index (χ2n) is 5.06. The standard InChI is InChI=1S/C18H18N4S/c1-3-10-23-14(2)17-7-4-8-18(21-17)15-11-20-22(13-15)16-6-5-9-19-12-16/h4-9,11-13H,2-3,10H2,1H3. The minimum atomic E-state index is 0.899. The quantitative estimate of drug-likeness (QED) is 0.673. The van der Waals surface area contributed by atoms with E-state index in [2.05, 4.69) is 23.6 Å². The molecular formula is C18H18N4S. The van der Waals surface area contributed by atoms with Crippen LogP contribution >= 0.6 is 11.8 Å². The molecule has 0 bridgehead atoms. The van der Waals surface area contributed by atoms with Crippen LogP contribution in [0, 0.1) is 0 Å². The van der Waals surface area contributed by atoms with Gasteiger partial charge in [-0.1, -0.05) is 19.6 Å². The number of pyridine rings is 2. The second-order valence-corrected chi connectivity index (χ2v) is 6.25. The average molecular weight is 322 g/mol. The maximum atomic E-state index is 4.71. The molecule has 0 aliphatic carbocycles.